The van der Waals surface area contributed by atoms with Crippen LogP contribution in [0.25, 0.3) is 0 Å². The van der Waals surface area contributed by atoms with E-state index < -0.39 is 0 Å². The fourth-order valence-corrected chi connectivity index (χ4v) is 2.04. The molecular formula is C13H20FNS. The molecular weight excluding hydrogens is 221 g/mol. The zero-order valence-corrected chi connectivity index (χ0v) is 10.9. The van der Waals surface area contributed by atoms with E-state index in [1.807, 2.05) is 19.2 Å². The first-order valence-corrected chi connectivity index (χ1v) is 6.34. The van der Waals surface area contributed by atoms with Crippen LogP contribution in [0.4, 0.5) is 10.1 Å². The van der Waals surface area contributed by atoms with E-state index in [0.717, 1.165) is 30.8 Å². The molecule has 0 spiro atoms. The fourth-order valence-electron chi connectivity index (χ4n) is 1.60. The Hall–Kier alpha value is -0.700. The first-order chi connectivity index (χ1) is 7.63. The highest BCUT2D eigenvalue weighted by molar-refractivity contribution is 7.80. The summed E-state index contributed by atoms with van der Waals surface area (Å²) in [7, 11) is 2.04. The molecule has 3 heteroatoms. The van der Waals surface area contributed by atoms with Gasteiger partial charge in [-0.2, -0.15) is 12.6 Å². The Morgan fingerprint density at radius 3 is 2.44 bits per heavy atom. The quantitative estimate of drug-likeness (QED) is 0.745. The molecule has 1 unspecified atom stereocenters. The third kappa shape index (κ3) is 4.44. The number of nitrogens with zero attached hydrogens (tertiary/aromatic N) is 1. The Labute approximate surface area is 103 Å². The first-order valence-electron chi connectivity index (χ1n) is 5.71. The van der Waals surface area contributed by atoms with E-state index in [9.17, 15) is 4.39 Å². The topological polar surface area (TPSA) is 3.24 Å². The van der Waals surface area contributed by atoms with Gasteiger partial charge in [-0.1, -0.05) is 6.92 Å². The molecule has 90 valence electrons. The Morgan fingerprint density at radius 2 is 1.88 bits per heavy atom. The second-order valence-electron chi connectivity index (χ2n) is 4.30. The molecule has 0 N–H and O–H groups in total. The molecule has 1 rings (SSSR count). The number of hydrogen-bond donors (Lipinski definition) is 1. The molecule has 1 atom stereocenters. The third-order valence-electron chi connectivity index (χ3n) is 2.85. The van der Waals surface area contributed by atoms with Gasteiger partial charge in [-0.05, 0) is 48.8 Å². The van der Waals surface area contributed by atoms with Crippen molar-refractivity contribution in [3.63, 3.8) is 0 Å². The summed E-state index contributed by atoms with van der Waals surface area (Å²) in [5.41, 5.74) is 1.07. The van der Waals surface area contributed by atoms with Gasteiger partial charge in [0.2, 0.25) is 0 Å². The lowest BCUT2D eigenvalue weighted by atomic mass is 10.1. The van der Waals surface area contributed by atoms with Gasteiger partial charge >= 0.3 is 0 Å². The van der Waals surface area contributed by atoms with Gasteiger partial charge < -0.3 is 4.90 Å². The van der Waals surface area contributed by atoms with Crippen molar-refractivity contribution in [1.29, 1.82) is 0 Å². The van der Waals surface area contributed by atoms with Crippen molar-refractivity contribution in [1.82, 2.24) is 0 Å². The zero-order chi connectivity index (χ0) is 12.0. The van der Waals surface area contributed by atoms with Crippen molar-refractivity contribution in [2.75, 3.05) is 24.2 Å². The van der Waals surface area contributed by atoms with Crippen LogP contribution < -0.4 is 4.90 Å². The second-order valence-corrected chi connectivity index (χ2v) is 4.75. The van der Waals surface area contributed by atoms with Crippen LogP contribution in [0.3, 0.4) is 0 Å². The van der Waals surface area contributed by atoms with Gasteiger partial charge in [-0.25, -0.2) is 4.39 Å². The van der Waals surface area contributed by atoms with Crippen LogP contribution in [0.5, 0.6) is 0 Å². The van der Waals surface area contributed by atoms with Crippen molar-refractivity contribution < 1.29 is 4.39 Å². The molecule has 0 aliphatic rings. The van der Waals surface area contributed by atoms with E-state index in [0.29, 0.717) is 5.92 Å². The first kappa shape index (κ1) is 13.4. The number of thiol groups is 1. The number of hydrogen-bond acceptors (Lipinski definition) is 2. The molecule has 0 radical (unpaired) electrons. The summed E-state index contributed by atoms with van der Waals surface area (Å²) in [6, 6.07) is 6.64. The molecule has 0 aromatic heterocycles. The van der Waals surface area contributed by atoms with Crippen LogP contribution in [-0.4, -0.2) is 19.3 Å². The minimum atomic E-state index is -0.180. The highest BCUT2D eigenvalue weighted by Crippen LogP contribution is 2.15. The fraction of sp³-hybridized carbons (Fsp3) is 0.538. The number of halogens is 1. The van der Waals surface area contributed by atoms with Crippen molar-refractivity contribution in [3.05, 3.63) is 30.1 Å². The molecule has 0 saturated heterocycles. The van der Waals surface area contributed by atoms with Gasteiger partial charge in [0.05, 0.1) is 0 Å². The highest BCUT2D eigenvalue weighted by atomic mass is 32.1. The zero-order valence-electron chi connectivity index (χ0n) is 9.99. The van der Waals surface area contributed by atoms with E-state index in [4.69, 9.17) is 0 Å². The molecule has 0 fully saturated rings. The maximum Gasteiger partial charge on any atom is 0.123 e. The minimum absolute atomic E-state index is 0.180. The Kier molecular flexibility index (Phi) is 5.67. The molecule has 0 aliphatic carbocycles. The van der Waals surface area contributed by atoms with Crippen molar-refractivity contribution in [3.8, 4) is 0 Å². The summed E-state index contributed by atoms with van der Waals surface area (Å²) in [5, 5.41) is 0. The van der Waals surface area contributed by atoms with E-state index in [2.05, 4.69) is 24.5 Å². The number of benzene rings is 1. The van der Waals surface area contributed by atoms with Crippen LogP contribution >= 0.6 is 12.6 Å². The highest BCUT2D eigenvalue weighted by Gasteiger charge is 2.05. The standard InChI is InChI=1S/C13H20FNS/c1-11(8-10-16)7-9-15(2)13-5-3-12(14)4-6-13/h3-6,11,16H,7-10H2,1-2H3. The molecule has 0 bridgehead atoms. The summed E-state index contributed by atoms with van der Waals surface area (Å²) in [5.74, 6) is 1.46. The SMILES string of the molecule is CC(CCS)CCN(C)c1ccc(F)cc1. The summed E-state index contributed by atoms with van der Waals surface area (Å²) in [6.45, 7) is 3.25. The smallest absolute Gasteiger partial charge is 0.123 e. The molecule has 1 aromatic carbocycles. The van der Waals surface area contributed by atoms with Crippen LogP contribution in [0.15, 0.2) is 24.3 Å². The lowest BCUT2D eigenvalue weighted by Gasteiger charge is -2.21. The predicted molar refractivity (Wildman–Crippen MR) is 71.9 cm³/mol. The van der Waals surface area contributed by atoms with Crippen LogP contribution in [0.1, 0.15) is 19.8 Å². The third-order valence-corrected chi connectivity index (χ3v) is 3.10. The maximum absolute atomic E-state index is 12.7. The van der Waals surface area contributed by atoms with Gasteiger partial charge in [0, 0.05) is 19.3 Å². The summed E-state index contributed by atoms with van der Waals surface area (Å²) >= 11 is 4.23. The largest absolute Gasteiger partial charge is 0.375 e. The van der Waals surface area contributed by atoms with Gasteiger partial charge in [0.15, 0.2) is 0 Å². The van der Waals surface area contributed by atoms with E-state index in [1.54, 1.807) is 0 Å². The van der Waals surface area contributed by atoms with Crippen LogP contribution in [0, 0.1) is 11.7 Å². The Balaban J connectivity index is 2.40. The summed E-state index contributed by atoms with van der Waals surface area (Å²) in [6.07, 6.45) is 2.30. The summed E-state index contributed by atoms with van der Waals surface area (Å²) < 4.78 is 12.7. The predicted octanol–water partition coefficient (Wildman–Crippen LogP) is 3.61. The van der Waals surface area contributed by atoms with E-state index in [1.165, 1.54) is 12.1 Å². The average Bonchev–Trinajstić information content (AvgIpc) is 2.27. The molecule has 0 aliphatic heterocycles. The minimum Gasteiger partial charge on any atom is -0.375 e. The molecule has 1 aromatic rings. The average molecular weight is 241 g/mol. The van der Waals surface area contributed by atoms with Gasteiger partial charge in [0.1, 0.15) is 5.82 Å². The number of anilines is 1. The lowest BCUT2D eigenvalue weighted by molar-refractivity contribution is 0.522. The lowest BCUT2D eigenvalue weighted by Crippen LogP contribution is -2.20. The Morgan fingerprint density at radius 1 is 1.25 bits per heavy atom. The van der Waals surface area contributed by atoms with Gasteiger partial charge in [0.25, 0.3) is 0 Å². The molecule has 0 amide bonds. The Bertz CT molecular complexity index is 299. The van der Waals surface area contributed by atoms with Gasteiger partial charge in [-0.15, -0.1) is 0 Å². The van der Waals surface area contributed by atoms with Gasteiger partial charge in [-0.3, -0.25) is 0 Å². The van der Waals surface area contributed by atoms with Crippen molar-refractivity contribution in [2.45, 2.75) is 19.8 Å². The molecule has 16 heavy (non-hydrogen) atoms. The summed E-state index contributed by atoms with van der Waals surface area (Å²) in [4.78, 5) is 2.16. The normalized spacial score (nSPS) is 12.5. The van der Waals surface area contributed by atoms with E-state index >= 15 is 0 Å². The second kappa shape index (κ2) is 6.79. The van der Waals surface area contributed by atoms with Crippen LogP contribution in [-0.2, 0) is 0 Å². The van der Waals surface area contributed by atoms with E-state index in [-0.39, 0.29) is 5.82 Å². The monoisotopic (exact) mass is 241 g/mol. The van der Waals surface area contributed by atoms with Crippen molar-refractivity contribution >= 4 is 18.3 Å². The molecule has 0 heterocycles. The van der Waals surface area contributed by atoms with Crippen LogP contribution in [0.2, 0.25) is 0 Å². The molecule has 0 saturated carbocycles. The maximum atomic E-state index is 12.7. The number of rotatable bonds is 6. The molecule has 1 nitrogen and oxygen atoms in total. The van der Waals surface area contributed by atoms with Crippen molar-refractivity contribution in [2.24, 2.45) is 5.92 Å².